The Bertz CT molecular complexity index is 284. The summed E-state index contributed by atoms with van der Waals surface area (Å²) in [7, 11) is 0. The lowest BCUT2D eigenvalue weighted by molar-refractivity contribution is -0.139. The fraction of sp³-hybridized carbons (Fsp3) is 0.727. The Kier molecular flexibility index (Phi) is 8.69. The van der Waals surface area contributed by atoms with E-state index >= 15 is 0 Å². The number of rotatable bonds is 7. The van der Waals surface area contributed by atoms with Gasteiger partial charge in [0.05, 0.1) is 12.7 Å². The minimum atomic E-state index is -0.797. The van der Waals surface area contributed by atoms with Gasteiger partial charge >= 0.3 is 11.8 Å². The third-order valence-electron chi connectivity index (χ3n) is 1.91. The molecule has 0 unspecified atom stereocenters. The Balaban J connectivity index is 3.45. The van der Waals surface area contributed by atoms with Crippen LogP contribution >= 0.6 is 0 Å². The molecule has 6 heteroatoms. The Morgan fingerprint density at radius 2 is 1.88 bits per heavy atom. The zero-order valence-electron chi connectivity index (χ0n) is 10.3. The van der Waals surface area contributed by atoms with E-state index in [-0.39, 0.29) is 13.1 Å². The highest BCUT2D eigenvalue weighted by Gasteiger charge is 2.11. The Labute approximate surface area is 101 Å². The van der Waals surface area contributed by atoms with E-state index in [2.05, 4.69) is 24.5 Å². The van der Waals surface area contributed by atoms with Gasteiger partial charge in [0.15, 0.2) is 0 Å². The van der Waals surface area contributed by atoms with Crippen molar-refractivity contribution >= 4 is 11.8 Å². The van der Waals surface area contributed by atoms with Crippen molar-refractivity contribution in [2.24, 2.45) is 5.92 Å². The molecule has 2 N–H and O–H groups in total. The van der Waals surface area contributed by atoms with Crippen LogP contribution in [0, 0.1) is 17.2 Å². The molecule has 6 nitrogen and oxygen atoms in total. The van der Waals surface area contributed by atoms with Crippen molar-refractivity contribution < 1.29 is 14.3 Å². The van der Waals surface area contributed by atoms with Gasteiger partial charge in [-0.25, -0.2) is 0 Å². The van der Waals surface area contributed by atoms with Gasteiger partial charge < -0.3 is 15.4 Å². The number of carbonyl (C=O) groups is 2. The molecule has 0 bridgehead atoms. The van der Waals surface area contributed by atoms with Gasteiger partial charge in [-0.3, -0.25) is 9.59 Å². The molecule has 96 valence electrons. The first kappa shape index (κ1) is 15.4. The molecule has 0 heterocycles. The zero-order valence-corrected chi connectivity index (χ0v) is 10.3. The summed E-state index contributed by atoms with van der Waals surface area (Å²) in [5.41, 5.74) is 0. The van der Waals surface area contributed by atoms with Crippen LogP contribution in [-0.2, 0) is 14.3 Å². The number of nitrogens with zero attached hydrogens (tertiary/aromatic N) is 1. The third kappa shape index (κ3) is 9.33. The lowest BCUT2D eigenvalue weighted by atomic mass is 10.1. The number of amides is 2. The molecule has 0 fully saturated rings. The van der Waals surface area contributed by atoms with Crippen LogP contribution in [0.1, 0.15) is 20.3 Å². The van der Waals surface area contributed by atoms with Gasteiger partial charge in [0, 0.05) is 13.2 Å². The summed E-state index contributed by atoms with van der Waals surface area (Å²) in [6.45, 7) is 5.35. The molecule has 0 radical (unpaired) electrons. The maximum absolute atomic E-state index is 11.1. The SMILES string of the molecule is CC(C)CCOCCNC(=O)C(=O)NCC#N. The van der Waals surface area contributed by atoms with Gasteiger partial charge in [-0.15, -0.1) is 0 Å². The van der Waals surface area contributed by atoms with Crippen molar-refractivity contribution in [2.75, 3.05) is 26.3 Å². The molecule has 17 heavy (non-hydrogen) atoms. The largest absolute Gasteiger partial charge is 0.380 e. The first-order chi connectivity index (χ1) is 8.07. The lowest BCUT2D eigenvalue weighted by Gasteiger charge is -2.07. The molecule has 0 saturated carbocycles. The highest BCUT2D eigenvalue weighted by atomic mass is 16.5. The van der Waals surface area contributed by atoms with Crippen molar-refractivity contribution in [1.29, 1.82) is 5.26 Å². The molecule has 0 aromatic heterocycles. The third-order valence-corrected chi connectivity index (χ3v) is 1.91. The molecular formula is C11H19N3O3. The molecule has 0 rings (SSSR count). The zero-order chi connectivity index (χ0) is 13.1. The lowest BCUT2D eigenvalue weighted by Crippen LogP contribution is -2.41. The summed E-state index contributed by atoms with van der Waals surface area (Å²) in [6, 6.07) is 1.71. The van der Waals surface area contributed by atoms with Crippen molar-refractivity contribution in [2.45, 2.75) is 20.3 Å². The molecule has 0 saturated heterocycles. The molecule has 0 atom stereocenters. The van der Waals surface area contributed by atoms with Crippen LogP contribution in [0.4, 0.5) is 0 Å². The molecule has 0 spiro atoms. The smallest absolute Gasteiger partial charge is 0.310 e. The van der Waals surface area contributed by atoms with Crippen LogP contribution in [0.3, 0.4) is 0 Å². The predicted molar refractivity (Wildman–Crippen MR) is 61.9 cm³/mol. The minimum Gasteiger partial charge on any atom is -0.380 e. The second kappa shape index (κ2) is 9.60. The van der Waals surface area contributed by atoms with E-state index in [4.69, 9.17) is 10.00 Å². The molecule has 2 amide bonds. The highest BCUT2D eigenvalue weighted by molar-refractivity contribution is 6.35. The number of carbonyl (C=O) groups excluding carboxylic acids is 2. The molecule has 0 aliphatic heterocycles. The van der Waals surface area contributed by atoms with Gasteiger partial charge in [0.2, 0.25) is 0 Å². The molecule has 0 aromatic rings. The maximum atomic E-state index is 11.1. The number of hydrogen-bond acceptors (Lipinski definition) is 4. The van der Waals surface area contributed by atoms with Crippen molar-refractivity contribution in [3.05, 3.63) is 0 Å². The van der Waals surface area contributed by atoms with Crippen LogP contribution < -0.4 is 10.6 Å². The van der Waals surface area contributed by atoms with Crippen molar-refractivity contribution in [3.63, 3.8) is 0 Å². The van der Waals surface area contributed by atoms with E-state index in [1.807, 2.05) is 0 Å². The average molecular weight is 241 g/mol. The molecule has 0 aromatic carbocycles. The standard InChI is InChI=1S/C11H19N3O3/c1-9(2)3-7-17-8-6-14-11(16)10(15)13-5-4-12/h9H,3,5-8H2,1-2H3,(H,13,15)(H,14,16). The van der Waals surface area contributed by atoms with Crippen LogP contribution in [-0.4, -0.2) is 38.1 Å². The van der Waals surface area contributed by atoms with Crippen molar-refractivity contribution in [3.8, 4) is 6.07 Å². The first-order valence-electron chi connectivity index (χ1n) is 5.58. The number of nitriles is 1. The fourth-order valence-electron chi connectivity index (χ4n) is 0.938. The summed E-state index contributed by atoms with van der Waals surface area (Å²) < 4.78 is 5.26. The second-order valence-electron chi connectivity index (χ2n) is 3.89. The Hall–Kier alpha value is -1.61. The summed E-state index contributed by atoms with van der Waals surface area (Å²) in [5, 5.41) is 12.7. The number of ether oxygens (including phenoxy) is 1. The van der Waals surface area contributed by atoms with E-state index in [9.17, 15) is 9.59 Å². The quantitative estimate of drug-likeness (QED) is 0.367. The molecular weight excluding hydrogens is 222 g/mol. The Morgan fingerprint density at radius 3 is 2.47 bits per heavy atom. The second-order valence-corrected chi connectivity index (χ2v) is 3.89. The predicted octanol–water partition coefficient (Wildman–Crippen LogP) is -0.195. The molecule has 0 aliphatic carbocycles. The van der Waals surface area contributed by atoms with Gasteiger partial charge in [0.1, 0.15) is 6.54 Å². The van der Waals surface area contributed by atoms with Gasteiger partial charge in [0.25, 0.3) is 0 Å². The van der Waals surface area contributed by atoms with Gasteiger partial charge in [-0.1, -0.05) is 13.8 Å². The molecule has 0 aliphatic rings. The normalized spacial score (nSPS) is 9.76. The maximum Gasteiger partial charge on any atom is 0.310 e. The summed E-state index contributed by atoms with van der Waals surface area (Å²) in [4.78, 5) is 22.1. The van der Waals surface area contributed by atoms with E-state index < -0.39 is 11.8 Å². The van der Waals surface area contributed by atoms with E-state index in [1.165, 1.54) is 0 Å². The van der Waals surface area contributed by atoms with E-state index in [0.29, 0.717) is 19.1 Å². The fourth-order valence-corrected chi connectivity index (χ4v) is 0.938. The van der Waals surface area contributed by atoms with Crippen LogP contribution in [0.2, 0.25) is 0 Å². The highest BCUT2D eigenvalue weighted by Crippen LogP contribution is 1.98. The van der Waals surface area contributed by atoms with Gasteiger partial charge in [-0.05, 0) is 12.3 Å². The summed E-state index contributed by atoms with van der Waals surface area (Å²) >= 11 is 0. The van der Waals surface area contributed by atoms with Gasteiger partial charge in [-0.2, -0.15) is 5.26 Å². The number of nitrogens with one attached hydrogen (secondary N) is 2. The monoisotopic (exact) mass is 241 g/mol. The van der Waals surface area contributed by atoms with E-state index in [0.717, 1.165) is 6.42 Å². The van der Waals surface area contributed by atoms with Crippen LogP contribution in [0.15, 0.2) is 0 Å². The van der Waals surface area contributed by atoms with E-state index in [1.54, 1.807) is 6.07 Å². The number of hydrogen-bond donors (Lipinski definition) is 2. The minimum absolute atomic E-state index is 0.170. The van der Waals surface area contributed by atoms with Crippen LogP contribution in [0.25, 0.3) is 0 Å². The topological polar surface area (TPSA) is 91.2 Å². The van der Waals surface area contributed by atoms with Crippen molar-refractivity contribution in [1.82, 2.24) is 10.6 Å². The summed E-state index contributed by atoms with van der Waals surface area (Å²) in [5.74, 6) is -0.956. The average Bonchev–Trinajstić information content (AvgIpc) is 2.29. The van der Waals surface area contributed by atoms with Crippen LogP contribution in [0.5, 0.6) is 0 Å². The Morgan fingerprint density at radius 1 is 1.24 bits per heavy atom. The summed E-state index contributed by atoms with van der Waals surface area (Å²) in [6.07, 6.45) is 0.969. The first-order valence-corrected chi connectivity index (χ1v) is 5.58.